The van der Waals surface area contributed by atoms with Crippen LogP contribution in [0.15, 0.2) is 71.9 Å². The molecule has 0 saturated carbocycles. The minimum Gasteiger partial charge on any atom is -0.310 e. The third kappa shape index (κ3) is 5.24. The molecule has 0 aliphatic carbocycles. The molecule has 2 aromatic heterocycles. The third-order valence-corrected chi connectivity index (χ3v) is 7.38. The Balaban J connectivity index is 1.40. The van der Waals surface area contributed by atoms with Crippen LogP contribution in [0.2, 0.25) is 0 Å². The lowest BCUT2D eigenvalue weighted by molar-refractivity contribution is -0.113. The fourth-order valence-electron chi connectivity index (χ4n) is 4.28. The molecule has 5 aromatic rings. The van der Waals surface area contributed by atoms with E-state index in [1.807, 2.05) is 68.4 Å². The van der Waals surface area contributed by atoms with Gasteiger partial charge in [-0.25, -0.2) is 4.68 Å². The van der Waals surface area contributed by atoms with Gasteiger partial charge in [0.15, 0.2) is 0 Å². The molecular weight excluding hydrogens is 494 g/mol. The molecule has 0 saturated heterocycles. The molecule has 1 amide bonds. The largest absolute Gasteiger partial charge is 0.310 e. The van der Waals surface area contributed by atoms with Crippen molar-refractivity contribution in [3.8, 4) is 22.6 Å². The van der Waals surface area contributed by atoms with E-state index in [9.17, 15) is 4.79 Å². The number of anilines is 1. The zero-order valence-corrected chi connectivity index (χ0v) is 22.9. The topological polar surface area (TPSA) is 90.5 Å². The van der Waals surface area contributed by atoms with Gasteiger partial charge in [0.2, 0.25) is 11.1 Å². The van der Waals surface area contributed by atoms with Crippen LogP contribution >= 0.6 is 11.8 Å². The second kappa shape index (κ2) is 10.6. The van der Waals surface area contributed by atoms with Crippen LogP contribution in [0.3, 0.4) is 0 Å². The lowest BCUT2D eigenvalue weighted by Gasteiger charge is -2.10. The van der Waals surface area contributed by atoms with Gasteiger partial charge in [0.25, 0.3) is 0 Å². The predicted octanol–water partition coefficient (Wildman–Crippen LogP) is 5.79. The van der Waals surface area contributed by atoms with E-state index < -0.39 is 0 Å². The van der Waals surface area contributed by atoms with E-state index in [0.29, 0.717) is 11.0 Å². The predicted molar refractivity (Wildman–Crippen MR) is 151 cm³/mol. The summed E-state index contributed by atoms with van der Waals surface area (Å²) < 4.78 is 3.45. The number of nitrogens with zero attached hydrogens (tertiary/aromatic N) is 6. The van der Waals surface area contributed by atoms with Crippen molar-refractivity contribution in [2.75, 3.05) is 11.1 Å². The Hall–Kier alpha value is -4.24. The molecule has 0 unspecified atom stereocenters. The summed E-state index contributed by atoms with van der Waals surface area (Å²) in [5.74, 6) is 0.568. The zero-order chi connectivity index (χ0) is 26.8. The maximum atomic E-state index is 13.1. The first-order chi connectivity index (χ1) is 18.3. The highest BCUT2D eigenvalue weighted by molar-refractivity contribution is 7.99. The Bertz CT molecular complexity index is 1620. The summed E-state index contributed by atoms with van der Waals surface area (Å²) in [4.78, 5) is 13.1. The van der Waals surface area contributed by atoms with Gasteiger partial charge in [-0.3, -0.25) is 4.79 Å². The van der Waals surface area contributed by atoms with E-state index >= 15 is 0 Å². The van der Waals surface area contributed by atoms with Gasteiger partial charge in [-0.15, -0.1) is 5.10 Å². The number of carbonyl (C=O) groups is 1. The average Bonchev–Trinajstić information content (AvgIpc) is 3.54. The second-order valence-corrected chi connectivity index (χ2v) is 10.4. The minimum absolute atomic E-state index is 0.142. The average molecular weight is 524 g/mol. The molecule has 2 heterocycles. The molecule has 0 aliphatic rings. The number of hydrogen-bond acceptors (Lipinski definition) is 6. The van der Waals surface area contributed by atoms with Crippen molar-refractivity contribution in [2.24, 2.45) is 0 Å². The normalized spacial score (nSPS) is 11.1. The number of nitrogens with one attached hydrogen (secondary N) is 1. The molecular formula is C29H29N7OS. The summed E-state index contributed by atoms with van der Waals surface area (Å²) in [5.41, 5.74) is 9.34. The van der Waals surface area contributed by atoms with E-state index in [4.69, 9.17) is 5.10 Å². The van der Waals surface area contributed by atoms with Crippen molar-refractivity contribution in [3.63, 3.8) is 0 Å². The van der Waals surface area contributed by atoms with Crippen molar-refractivity contribution in [2.45, 2.75) is 39.8 Å². The van der Waals surface area contributed by atoms with Crippen LogP contribution < -0.4 is 5.32 Å². The van der Waals surface area contributed by atoms with Crippen LogP contribution in [0.4, 0.5) is 5.82 Å². The van der Waals surface area contributed by atoms with Crippen LogP contribution in [0.1, 0.15) is 27.8 Å². The highest BCUT2D eigenvalue weighted by Crippen LogP contribution is 2.30. The molecule has 0 radical (unpaired) electrons. The first-order valence-electron chi connectivity index (χ1n) is 12.3. The molecule has 0 atom stereocenters. The summed E-state index contributed by atoms with van der Waals surface area (Å²) in [5, 5.41) is 20.6. The first kappa shape index (κ1) is 25.4. The van der Waals surface area contributed by atoms with E-state index in [0.717, 1.165) is 39.3 Å². The Morgan fingerprint density at radius 2 is 1.61 bits per heavy atom. The maximum absolute atomic E-state index is 13.1. The van der Waals surface area contributed by atoms with E-state index in [-0.39, 0.29) is 11.7 Å². The maximum Gasteiger partial charge on any atom is 0.236 e. The van der Waals surface area contributed by atoms with Gasteiger partial charge in [-0.1, -0.05) is 48.2 Å². The van der Waals surface area contributed by atoms with Gasteiger partial charge >= 0.3 is 0 Å². The minimum atomic E-state index is -0.175. The number of carbonyl (C=O) groups excluding carboxylic acids is 1. The number of para-hydroxylation sites is 1. The van der Waals surface area contributed by atoms with Crippen molar-refractivity contribution in [3.05, 3.63) is 94.5 Å². The standard InChI is InChI=1S/C29H29N7OS/c1-18-11-12-19(2)26(13-18)36-29(31-33-34-36)38-17-28(37)30-27-16-25(24-15-21(4)20(3)14-22(24)5)32-35(27)23-9-7-6-8-10-23/h6-16H,17H2,1-5H3,(H,30,37). The van der Waals surface area contributed by atoms with Crippen molar-refractivity contribution in [1.82, 2.24) is 30.0 Å². The monoisotopic (exact) mass is 523 g/mol. The fourth-order valence-corrected chi connectivity index (χ4v) is 4.96. The van der Waals surface area contributed by atoms with Gasteiger partial charge in [0.05, 0.1) is 22.8 Å². The molecule has 9 heteroatoms. The highest BCUT2D eigenvalue weighted by atomic mass is 32.2. The SMILES string of the molecule is Cc1ccc(C)c(-n2nnnc2SCC(=O)Nc2cc(-c3cc(C)c(C)cc3C)nn2-c2ccccc2)c1. The third-order valence-electron chi connectivity index (χ3n) is 6.46. The van der Waals surface area contributed by atoms with Gasteiger partial charge in [-0.2, -0.15) is 9.78 Å². The summed E-state index contributed by atoms with van der Waals surface area (Å²) in [6, 6.07) is 22.1. The van der Waals surface area contributed by atoms with Gasteiger partial charge in [-0.05, 0) is 97.1 Å². The quantitative estimate of drug-likeness (QED) is 0.272. The number of aromatic nitrogens is 6. The lowest BCUT2D eigenvalue weighted by Crippen LogP contribution is -2.17. The Morgan fingerprint density at radius 3 is 2.39 bits per heavy atom. The van der Waals surface area contributed by atoms with Crippen LogP contribution in [0, 0.1) is 34.6 Å². The molecule has 38 heavy (non-hydrogen) atoms. The van der Waals surface area contributed by atoms with E-state index in [2.05, 4.69) is 53.7 Å². The molecule has 5 rings (SSSR count). The number of tetrazole rings is 1. The number of amides is 1. The van der Waals surface area contributed by atoms with Crippen LogP contribution in [-0.4, -0.2) is 41.6 Å². The Kier molecular flexibility index (Phi) is 7.11. The smallest absolute Gasteiger partial charge is 0.236 e. The molecule has 192 valence electrons. The van der Waals surface area contributed by atoms with Gasteiger partial charge in [0, 0.05) is 11.6 Å². The highest BCUT2D eigenvalue weighted by Gasteiger charge is 2.18. The molecule has 0 aliphatic heterocycles. The van der Waals surface area contributed by atoms with Crippen LogP contribution in [0.5, 0.6) is 0 Å². The van der Waals surface area contributed by atoms with E-state index in [1.165, 1.54) is 22.9 Å². The number of hydrogen-bond donors (Lipinski definition) is 1. The second-order valence-electron chi connectivity index (χ2n) is 9.41. The summed E-state index contributed by atoms with van der Waals surface area (Å²) >= 11 is 1.29. The molecule has 3 aromatic carbocycles. The Labute approximate surface area is 226 Å². The van der Waals surface area contributed by atoms with Crippen LogP contribution in [0.25, 0.3) is 22.6 Å². The number of benzene rings is 3. The van der Waals surface area contributed by atoms with Crippen molar-refractivity contribution < 1.29 is 4.79 Å². The molecule has 0 fully saturated rings. The van der Waals surface area contributed by atoms with Crippen LogP contribution in [-0.2, 0) is 4.79 Å². The molecule has 0 spiro atoms. The van der Waals surface area contributed by atoms with Crippen molar-refractivity contribution in [1.29, 1.82) is 0 Å². The summed E-state index contributed by atoms with van der Waals surface area (Å²) in [6.45, 7) is 10.3. The molecule has 0 bridgehead atoms. The molecule has 1 N–H and O–H groups in total. The van der Waals surface area contributed by atoms with Crippen molar-refractivity contribution >= 4 is 23.5 Å². The van der Waals surface area contributed by atoms with E-state index in [1.54, 1.807) is 9.36 Å². The van der Waals surface area contributed by atoms with Gasteiger partial charge < -0.3 is 5.32 Å². The van der Waals surface area contributed by atoms with Gasteiger partial charge in [0.1, 0.15) is 5.82 Å². The number of rotatable bonds is 7. The molecule has 8 nitrogen and oxygen atoms in total. The zero-order valence-electron chi connectivity index (χ0n) is 22.1. The first-order valence-corrected chi connectivity index (χ1v) is 13.3. The number of aryl methyl sites for hydroxylation is 5. The summed E-state index contributed by atoms with van der Waals surface area (Å²) in [7, 11) is 0. The summed E-state index contributed by atoms with van der Waals surface area (Å²) in [6.07, 6.45) is 0. The fraction of sp³-hybridized carbons (Fsp3) is 0.207. The number of thioether (sulfide) groups is 1. The lowest BCUT2D eigenvalue weighted by atomic mass is 9.99. The Morgan fingerprint density at radius 1 is 0.842 bits per heavy atom.